The van der Waals surface area contributed by atoms with Crippen molar-refractivity contribution >= 4 is 21.5 Å². The van der Waals surface area contributed by atoms with E-state index in [0.29, 0.717) is 18.5 Å². The van der Waals surface area contributed by atoms with Gasteiger partial charge in [-0.25, -0.2) is 26.7 Å². The number of fused-ring (bicyclic) bond motifs is 1. The van der Waals surface area contributed by atoms with Crippen LogP contribution >= 0.6 is 0 Å². The second-order valence-corrected chi connectivity index (χ2v) is 8.54. The van der Waals surface area contributed by atoms with Crippen molar-refractivity contribution in [2.24, 2.45) is 0 Å². The van der Waals surface area contributed by atoms with Crippen LogP contribution in [0.5, 0.6) is 0 Å². The van der Waals surface area contributed by atoms with Crippen LogP contribution in [0.2, 0.25) is 0 Å². The van der Waals surface area contributed by atoms with Gasteiger partial charge in [-0.3, -0.25) is 0 Å². The summed E-state index contributed by atoms with van der Waals surface area (Å²) in [5.74, 6) is -0.572. The van der Waals surface area contributed by atoms with E-state index in [-0.39, 0.29) is 36.5 Å². The van der Waals surface area contributed by atoms with Gasteiger partial charge in [-0.05, 0) is 12.8 Å². The number of nitrogens with one attached hydrogen (secondary N) is 1. The van der Waals surface area contributed by atoms with Crippen molar-refractivity contribution in [1.29, 1.82) is 5.26 Å². The molecule has 1 aliphatic heterocycles. The molecule has 0 bridgehead atoms. The van der Waals surface area contributed by atoms with Gasteiger partial charge in [0.2, 0.25) is 16.0 Å². The van der Waals surface area contributed by atoms with E-state index in [4.69, 9.17) is 0 Å². The third-order valence-electron chi connectivity index (χ3n) is 4.61. The van der Waals surface area contributed by atoms with E-state index in [1.165, 1.54) is 10.7 Å². The topological polar surface area (TPSA) is 103 Å². The molecule has 27 heavy (non-hydrogen) atoms. The molecule has 2 atom stereocenters. The minimum Gasteiger partial charge on any atom is -0.347 e. The largest absolute Gasteiger partial charge is 0.347 e. The van der Waals surface area contributed by atoms with E-state index < -0.39 is 28.1 Å². The first-order valence-electron chi connectivity index (χ1n) is 8.58. The summed E-state index contributed by atoms with van der Waals surface area (Å²) in [5, 5.41) is 16.3. The number of hydrogen-bond donors (Lipinski definition) is 1. The van der Waals surface area contributed by atoms with Gasteiger partial charge in [0.25, 0.3) is 0 Å². The highest BCUT2D eigenvalue weighted by Crippen LogP contribution is 2.23. The first-order chi connectivity index (χ1) is 12.8. The summed E-state index contributed by atoms with van der Waals surface area (Å²) in [6.45, 7) is 1.86. The third kappa shape index (κ3) is 3.72. The molecule has 0 radical (unpaired) electrons. The first-order valence-corrected chi connectivity index (χ1v) is 10.4. The summed E-state index contributed by atoms with van der Waals surface area (Å²) in [4.78, 5) is 4.02. The van der Waals surface area contributed by atoms with Crippen LogP contribution in [-0.2, 0) is 16.4 Å². The summed E-state index contributed by atoms with van der Waals surface area (Å²) in [6.07, 6.45) is 2.28. The molecule has 1 aliphatic rings. The highest BCUT2D eigenvalue weighted by atomic mass is 32.2. The molecular weight excluding hydrogens is 378 g/mol. The number of anilines is 1. The van der Waals surface area contributed by atoms with Crippen LogP contribution in [0.4, 0.5) is 14.7 Å². The van der Waals surface area contributed by atoms with Crippen molar-refractivity contribution in [3.05, 3.63) is 23.3 Å². The summed E-state index contributed by atoms with van der Waals surface area (Å²) < 4.78 is 54.3. The molecule has 1 fully saturated rings. The molecule has 0 aromatic carbocycles. The maximum absolute atomic E-state index is 14.4. The second-order valence-electron chi connectivity index (χ2n) is 6.55. The Morgan fingerprint density at radius 3 is 2.81 bits per heavy atom. The van der Waals surface area contributed by atoms with E-state index in [1.54, 1.807) is 0 Å². The molecule has 1 N–H and O–H groups in total. The molecule has 8 nitrogen and oxygen atoms in total. The molecule has 0 unspecified atom stereocenters. The van der Waals surface area contributed by atoms with Crippen molar-refractivity contribution in [2.45, 2.75) is 38.4 Å². The highest BCUT2D eigenvalue weighted by Gasteiger charge is 2.33. The van der Waals surface area contributed by atoms with Gasteiger partial charge in [-0.15, -0.1) is 5.10 Å². The van der Waals surface area contributed by atoms with Crippen molar-refractivity contribution in [1.82, 2.24) is 18.9 Å². The monoisotopic (exact) mass is 398 g/mol. The predicted octanol–water partition coefficient (Wildman–Crippen LogP) is 1.48. The fourth-order valence-corrected chi connectivity index (χ4v) is 4.07. The number of aryl methyl sites for hydroxylation is 1. The fraction of sp³-hybridized carbons (Fsp3) is 0.562. The lowest BCUT2D eigenvalue weighted by atomic mass is 10.1. The normalized spacial score (nSPS) is 21.3. The zero-order chi connectivity index (χ0) is 19.8. The number of halogens is 2. The average Bonchev–Trinajstić information content (AvgIpc) is 2.87. The van der Waals surface area contributed by atoms with Gasteiger partial charge < -0.3 is 5.32 Å². The summed E-state index contributed by atoms with van der Waals surface area (Å²) in [6, 6.07) is 1.20. The van der Waals surface area contributed by atoms with Gasteiger partial charge in [0.15, 0.2) is 5.82 Å². The zero-order valence-corrected chi connectivity index (χ0v) is 15.8. The van der Waals surface area contributed by atoms with E-state index >= 15 is 0 Å². The lowest BCUT2D eigenvalue weighted by Crippen LogP contribution is -2.49. The van der Waals surface area contributed by atoms with Crippen LogP contribution in [0.3, 0.4) is 0 Å². The number of nitriles is 1. The molecule has 3 heterocycles. The SMILES string of the molecule is CCCc1c(C#N)c(F)c2cnc(N[C@@H]3CCN(S(C)(=O)=O)C[C@H]3F)nn12. The Labute approximate surface area is 155 Å². The fourth-order valence-electron chi connectivity index (χ4n) is 3.22. The quantitative estimate of drug-likeness (QED) is 0.818. The van der Waals surface area contributed by atoms with Crippen LogP contribution in [0, 0.1) is 17.1 Å². The summed E-state index contributed by atoms with van der Waals surface area (Å²) >= 11 is 0. The number of aromatic nitrogens is 3. The Morgan fingerprint density at radius 1 is 1.48 bits per heavy atom. The maximum atomic E-state index is 14.4. The van der Waals surface area contributed by atoms with Gasteiger partial charge >= 0.3 is 0 Å². The number of alkyl halides is 1. The van der Waals surface area contributed by atoms with E-state index in [9.17, 15) is 22.5 Å². The molecule has 2 aromatic heterocycles. The third-order valence-corrected chi connectivity index (χ3v) is 5.88. The van der Waals surface area contributed by atoms with E-state index in [1.807, 2.05) is 13.0 Å². The number of hydrogen-bond acceptors (Lipinski definition) is 6. The van der Waals surface area contributed by atoms with Gasteiger partial charge in [-0.1, -0.05) is 13.3 Å². The number of rotatable bonds is 5. The molecule has 3 rings (SSSR count). The number of nitrogens with zero attached hydrogens (tertiary/aromatic N) is 5. The van der Waals surface area contributed by atoms with Crippen molar-refractivity contribution in [3.63, 3.8) is 0 Å². The van der Waals surface area contributed by atoms with Crippen LogP contribution in [0.15, 0.2) is 6.20 Å². The minimum absolute atomic E-state index is 0.0619. The van der Waals surface area contributed by atoms with E-state index in [2.05, 4.69) is 15.4 Å². The zero-order valence-electron chi connectivity index (χ0n) is 15.0. The Bertz CT molecular complexity index is 1000. The number of sulfonamides is 1. The molecular formula is C16H20F2N6O2S. The van der Waals surface area contributed by atoms with Crippen molar-refractivity contribution < 1.29 is 17.2 Å². The molecule has 11 heteroatoms. The Balaban J connectivity index is 1.86. The molecule has 2 aromatic rings. The van der Waals surface area contributed by atoms with Crippen molar-refractivity contribution in [3.8, 4) is 6.07 Å². The molecule has 0 aliphatic carbocycles. The number of piperidine rings is 1. The van der Waals surface area contributed by atoms with Crippen LogP contribution < -0.4 is 5.32 Å². The molecule has 0 spiro atoms. The first kappa shape index (κ1) is 19.4. The lowest BCUT2D eigenvalue weighted by Gasteiger charge is -2.33. The minimum atomic E-state index is -3.44. The Morgan fingerprint density at radius 2 is 2.22 bits per heavy atom. The van der Waals surface area contributed by atoms with Crippen molar-refractivity contribution in [2.75, 3.05) is 24.7 Å². The predicted molar refractivity (Wildman–Crippen MR) is 95.0 cm³/mol. The van der Waals surface area contributed by atoms with E-state index in [0.717, 1.165) is 10.6 Å². The van der Waals surface area contributed by atoms with Crippen LogP contribution in [0.25, 0.3) is 5.52 Å². The van der Waals surface area contributed by atoms with Gasteiger partial charge in [0, 0.05) is 13.1 Å². The van der Waals surface area contributed by atoms with Gasteiger partial charge in [-0.2, -0.15) is 9.57 Å². The van der Waals surface area contributed by atoms with Crippen LogP contribution in [-0.4, -0.2) is 58.9 Å². The summed E-state index contributed by atoms with van der Waals surface area (Å²) in [5.41, 5.74) is 0.471. The lowest BCUT2D eigenvalue weighted by molar-refractivity contribution is 0.186. The van der Waals surface area contributed by atoms with Gasteiger partial charge in [0.1, 0.15) is 23.3 Å². The molecule has 1 saturated heterocycles. The standard InChI is InChI=1S/C16H20F2N6O2S/c1-3-4-13-10(7-19)15(18)14-8-20-16(22-24(13)14)21-12-5-6-23(9-11(12)17)27(2,25)26/h8,11-12H,3-6,9H2,1-2H3,(H,21,22)/t11-,12-/m1/s1. The smallest absolute Gasteiger partial charge is 0.241 e. The maximum Gasteiger partial charge on any atom is 0.241 e. The molecule has 0 saturated carbocycles. The Hall–Kier alpha value is -2.32. The Kier molecular flexibility index (Phi) is 5.30. The average molecular weight is 398 g/mol. The molecule has 146 valence electrons. The van der Waals surface area contributed by atoms with Gasteiger partial charge in [0.05, 0.1) is 24.2 Å². The van der Waals surface area contributed by atoms with Crippen LogP contribution in [0.1, 0.15) is 31.0 Å². The highest BCUT2D eigenvalue weighted by molar-refractivity contribution is 7.88. The second kappa shape index (κ2) is 7.36. The summed E-state index contributed by atoms with van der Waals surface area (Å²) in [7, 11) is -3.44. The molecule has 0 amide bonds.